The van der Waals surface area contributed by atoms with Gasteiger partial charge in [0.15, 0.2) is 0 Å². The molecule has 0 aliphatic carbocycles. The fraction of sp³-hybridized carbons (Fsp3) is 0.647. The maximum Gasteiger partial charge on any atom is 0.0221 e. The largest absolute Gasteiger partial charge is 0.329 e. The van der Waals surface area contributed by atoms with Crippen LogP contribution >= 0.6 is 0 Å². The number of likely N-dealkylation sites (tertiary alicyclic amines) is 1. The van der Waals surface area contributed by atoms with Crippen molar-refractivity contribution in [2.75, 3.05) is 13.1 Å². The molecule has 2 rings (SSSR count). The number of nitrogens with zero attached hydrogens (tertiary/aromatic N) is 1. The van der Waals surface area contributed by atoms with E-state index in [2.05, 4.69) is 49.1 Å². The highest BCUT2D eigenvalue weighted by atomic mass is 15.2. The summed E-state index contributed by atoms with van der Waals surface area (Å²) in [6, 6.07) is 12.1. The SMILES string of the molecule is CC(CCN1C(C)CCCC1CN)c1ccccc1. The van der Waals surface area contributed by atoms with Gasteiger partial charge in [0, 0.05) is 18.6 Å². The quantitative estimate of drug-likeness (QED) is 0.879. The first kappa shape index (κ1) is 14.5. The molecule has 1 aliphatic heterocycles. The Morgan fingerprint density at radius 3 is 2.68 bits per heavy atom. The molecule has 0 radical (unpaired) electrons. The third-order valence-electron chi connectivity index (χ3n) is 4.66. The van der Waals surface area contributed by atoms with E-state index < -0.39 is 0 Å². The molecule has 1 aromatic rings. The number of piperidine rings is 1. The highest BCUT2D eigenvalue weighted by molar-refractivity contribution is 5.18. The zero-order valence-corrected chi connectivity index (χ0v) is 12.4. The summed E-state index contributed by atoms with van der Waals surface area (Å²) in [5.41, 5.74) is 7.39. The average molecular weight is 260 g/mol. The zero-order chi connectivity index (χ0) is 13.7. The second-order valence-electron chi connectivity index (χ2n) is 6.01. The topological polar surface area (TPSA) is 29.3 Å². The van der Waals surface area contributed by atoms with Gasteiger partial charge in [-0.2, -0.15) is 0 Å². The summed E-state index contributed by atoms with van der Waals surface area (Å²) < 4.78 is 0. The second kappa shape index (κ2) is 7.06. The predicted octanol–water partition coefficient (Wildman–Crippen LogP) is 3.38. The molecule has 0 spiro atoms. The van der Waals surface area contributed by atoms with Gasteiger partial charge in [-0.1, -0.05) is 43.7 Å². The van der Waals surface area contributed by atoms with Crippen LogP contribution in [0.15, 0.2) is 30.3 Å². The van der Waals surface area contributed by atoms with Crippen LogP contribution in [0, 0.1) is 0 Å². The molecular weight excluding hydrogens is 232 g/mol. The Hall–Kier alpha value is -0.860. The second-order valence-corrected chi connectivity index (χ2v) is 6.01. The summed E-state index contributed by atoms with van der Waals surface area (Å²) in [5, 5.41) is 0. The molecule has 1 heterocycles. The first-order valence-corrected chi connectivity index (χ1v) is 7.73. The van der Waals surface area contributed by atoms with Crippen molar-refractivity contribution < 1.29 is 0 Å². The van der Waals surface area contributed by atoms with E-state index in [9.17, 15) is 0 Å². The third kappa shape index (κ3) is 3.80. The number of nitrogens with two attached hydrogens (primary N) is 1. The summed E-state index contributed by atoms with van der Waals surface area (Å²) in [7, 11) is 0. The number of benzene rings is 1. The van der Waals surface area contributed by atoms with Crippen molar-refractivity contribution in [3.05, 3.63) is 35.9 Å². The monoisotopic (exact) mass is 260 g/mol. The van der Waals surface area contributed by atoms with Crippen LogP contribution in [-0.4, -0.2) is 30.1 Å². The van der Waals surface area contributed by atoms with Crippen LogP contribution in [0.25, 0.3) is 0 Å². The minimum Gasteiger partial charge on any atom is -0.329 e. The van der Waals surface area contributed by atoms with Gasteiger partial charge >= 0.3 is 0 Å². The van der Waals surface area contributed by atoms with E-state index in [1.54, 1.807) is 0 Å². The predicted molar refractivity (Wildman–Crippen MR) is 82.3 cm³/mol. The summed E-state index contributed by atoms with van der Waals surface area (Å²) in [6.07, 6.45) is 5.18. The van der Waals surface area contributed by atoms with Crippen LogP contribution in [0.4, 0.5) is 0 Å². The lowest BCUT2D eigenvalue weighted by molar-refractivity contribution is 0.0941. The van der Waals surface area contributed by atoms with Gasteiger partial charge in [0.05, 0.1) is 0 Å². The lowest BCUT2D eigenvalue weighted by Crippen LogP contribution is -2.49. The molecule has 0 bridgehead atoms. The van der Waals surface area contributed by atoms with Crippen molar-refractivity contribution >= 4 is 0 Å². The van der Waals surface area contributed by atoms with E-state index in [0.717, 1.165) is 6.54 Å². The third-order valence-corrected chi connectivity index (χ3v) is 4.66. The first-order valence-electron chi connectivity index (χ1n) is 7.73. The Labute approximate surface area is 118 Å². The molecule has 19 heavy (non-hydrogen) atoms. The van der Waals surface area contributed by atoms with E-state index in [1.165, 1.54) is 37.8 Å². The van der Waals surface area contributed by atoms with Crippen LogP contribution in [0.3, 0.4) is 0 Å². The van der Waals surface area contributed by atoms with Gasteiger partial charge in [-0.25, -0.2) is 0 Å². The van der Waals surface area contributed by atoms with Gasteiger partial charge < -0.3 is 5.73 Å². The van der Waals surface area contributed by atoms with Crippen LogP contribution in [-0.2, 0) is 0 Å². The normalized spacial score (nSPS) is 26.3. The van der Waals surface area contributed by atoms with Gasteiger partial charge in [-0.05, 0) is 44.2 Å². The highest BCUT2D eigenvalue weighted by Crippen LogP contribution is 2.25. The van der Waals surface area contributed by atoms with Crippen LogP contribution in [0.1, 0.15) is 51.0 Å². The van der Waals surface area contributed by atoms with Crippen molar-refractivity contribution in [2.24, 2.45) is 5.73 Å². The minimum absolute atomic E-state index is 0.603. The number of hydrogen-bond donors (Lipinski definition) is 1. The standard InChI is InChI=1S/C17H28N2/c1-14(16-8-4-3-5-9-16)11-12-19-15(2)7-6-10-17(19)13-18/h3-5,8-9,14-15,17H,6-7,10-13,18H2,1-2H3. The molecule has 2 heteroatoms. The number of hydrogen-bond acceptors (Lipinski definition) is 2. The first-order chi connectivity index (χ1) is 9.22. The van der Waals surface area contributed by atoms with Crippen molar-refractivity contribution in [1.29, 1.82) is 0 Å². The maximum atomic E-state index is 5.93. The summed E-state index contributed by atoms with van der Waals surface area (Å²) in [5.74, 6) is 0.633. The van der Waals surface area contributed by atoms with E-state index in [4.69, 9.17) is 5.73 Å². The van der Waals surface area contributed by atoms with E-state index in [-0.39, 0.29) is 0 Å². The van der Waals surface area contributed by atoms with Crippen LogP contribution in [0.5, 0.6) is 0 Å². The molecule has 1 saturated heterocycles. The zero-order valence-electron chi connectivity index (χ0n) is 12.4. The van der Waals surface area contributed by atoms with Crippen molar-refractivity contribution in [3.63, 3.8) is 0 Å². The summed E-state index contributed by atoms with van der Waals surface area (Å²) >= 11 is 0. The van der Waals surface area contributed by atoms with Gasteiger partial charge in [-0.3, -0.25) is 4.90 Å². The molecule has 0 amide bonds. The van der Waals surface area contributed by atoms with E-state index >= 15 is 0 Å². The maximum absolute atomic E-state index is 5.93. The van der Waals surface area contributed by atoms with Gasteiger partial charge in [0.1, 0.15) is 0 Å². The molecule has 1 aromatic carbocycles. The molecule has 0 saturated carbocycles. The van der Waals surface area contributed by atoms with Gasteiger partial charge in [0.2, 0.25) is 0 Å². The van der Waals surface area contributed by atoms with E-state index in [0.29, 0.717) is 18.0 Å². The minimum atomic E-state index is 0.603. The molecule has 3 unspecified atom stereocenters. The molecule has 106 valence electrons. The van der Waals surface area contributed by atoms with Crippen molar-refractivity contribution in [2.45, 2.75) is 57.5 Å². The van der Waals surface area contributed by atoms with Crippen molar-refractivity contribution in [1.82, 2.24) is 4.90 Å². The molecule has 3 atom stereocenters. The highest BCUT2D eigenvalue weighted by Gasteiger charge is 2.26. The molecular formula is C17H28N2. The fourth-order valence-corrected chi connectivity index (χ4v) is 3.29. The number of rotatable bonds is 5. The Morgan fingerprint density at radius 1 is 1.26 bits per heavy atom. The Morgan fingerprint density at radius 2 is 2.00 bits per heavy atom. The summed E-state index contributed by atoms with van der Waals surface area (Å²) in [6.45, 7) is 6.68. The Kier molecular flexibility index (Phi) is 5.41. The molecule has 1 fully saturated rings. The van der Waals surface area contributed by atoms with Gasteiger partial charge in [0.25, 0.3) is 0 Å². The molecule has 1 aliphatic rings. The average Bonchev–Trinajstić information content (AvgIpc) is 2.46. The molecule has 0 aromatic heterocycles. The Balaban J connectivity index is 1.89. The van der Waals surface area contributed by atoms with Crippen LogP contribution in [0.2, 0.25) is 0 Å². The van der Waals surface area contributed by atoms with Crippen LogP contribution < -0.4 is 5.73 Å². The molecule has 2 N–H and O–H groups in total. The Bertz CT molecular complexity index is 363. The van der Waals surface area contributed by atoms with Gasteiger partial charge in [-0.15, -0.1) is 0 Å². The smallest absolute Gasteiger partial charge is 0.0221 e. The lowest BCUT2D eigenvalue weighted by atomic mass is 9.93. The lowest BCUT2D eigenvalue weighted by Gasteiger charge is -2.40. The fourth-order valence-electron chi connectivity index (χ4n) is 3.29. The summed E-state index contributed by atoms with van der Waals surface area (Å²) in [4.78, 5) is 2.64. The van der Waals surface area contributed by atoms with Crippen molar-refractivity contribution in [3.8, 4) is 0 Å². The molecule has 2 nitrogen and oxygen atoms in total. The van der Waals surface area contributed by atoms with E-state index in [1.807, 2.05) is 0 Å².